The number of aromatic nitrogens is 2. The fourth-order valence-electron chi connectivity index (χ4n) is 3.34. The number of nitrogens with zero attached hydrogens (tertiary/aromatic N) is 2. The van der Waals surface area contributed by atoms with Crippen LogP contribution in [0.15, 0.2) is 28.9 Å². The number of rotatable bonds is 2. The van der Waals surface area contributed by atoms with Gasteiger partial charge in [-0.15, -0.1) is 0 Å². The normalized spacial score (nSPS) is 11.5. The number of carbonyl (C=O) groups is 1. The zero-order valence-corrected chi connectivity index (χ0v) is 14.6. The number of hydrogen-bond acceptors (Lipinski definition) is 5. The number of aryl methyl sites for hydroxylation is 2. The Morgan fingerprint density at radius 2 is 2.00 bits per heavy atom. The van der Waals surface area contributed by atoms with E-state index in [1.165, 1.54) is 6.26 Å². The van der Waals surface area contributed by atoms with E-state index in [-0.39, 0.29) is 17.1 Å². The molecule has 26 heavy (non-hydrogen) atoms. The van der Waals surface area contributed by atoms with Gasteiger partial charge in [0.1, 0.15) is 17.2 Å². The van der Waals surface area contributed by atoms with Gasteiger partial charge in [-0.1, -0.05) is 0 Å². The third-order valence-electron chi connectivity index (χ3n) is 4.84. The number of hydrogen-bond donors (Lipinski definition) is 3. The Labute approximate surface area is 148 Å². The number of anilines is 1. The first-order valence-electron chi connectivity index (χ1n) is 8.09. The van der Waals surface area contributed by atoms with Gasteiger partial charge < -0.3 is 21.0 Å². The van der Waals surface area contributed by atoms with Crippen molar-refractivity contribution >= 4 is 33.7 Å². The number of carbonyl (C=O) groups excluding carboxylic acids is 1. The van der Waals surface area contributed by atoms with Crippen LogP contribution < -0.4 is 11.5 Å². The average Bonchev–Trinajstić information content (AvgIpc) is 3.12. The lowest BCUT2D eigenvalue weighted by atomic mass is 10.1. The number of fused-ring (bicyclic) bond motifs is 2. The molecule has 0 aliphatic heterocycles. The highest BCUT2D eigenvalue weighted by molar-refractivity contribution is 6.11. The van der Waals surface area contributed by atoms with Crippen molar-refractivity contribution in [2.45, 2.75) is 20.8 Å². The van der Waals surface area contributed by atoms with Crippen molar-refractivity contribution < 1.29 is 14.3 Å². The van der Waals surface area contributed by atoms with Gasteiger partial charge in [0.2, 0.25) is 0 Å². The molecule has 0 bridgehead atoms. The standard InChI is InChI=1S/C19H18N4O3/c1-8-6-12-14(18(21)25)17(20)23(19(12)22-10(8)3)15-9(2)13(24)7-11-4-5-26-16(11)15/h4-7,24H,20H2,1-3H3,(H2,21,25). The molecule has 5 N–H and O–H groups in total. The highest BCUT2D eigenvalue weighted by atomic mass is 16.3. The number of benzene rings is 1. The molecule has 0 atom stereocenters. The van der Waals surface area contributed by atoms with Gasteiger partial charge in [0.15, 0.2) is 5.58 Å². The maximum atomic E-state index is 12.1. The quantitative estimate of drug-likeness (QED) is 0.513. The van der Waals surface area contributed by atoms with Crippen LogP contribution in [0.2, 0.25) is 0 Å². The van der Waals surface area contributed by atoms with Crippen LogP contribution in [-0.2, 0) is 0 Å². The second kappa shape index (κ2) is 5.26. The van der Waals surface area contributed by atoms with Gasteiger partial charge in [0.25, 0.3) is 5.91 Å². The smallest absolute Gasteiger partial charge is 0.253 e. The largest absolute Gasteiger partial charge is 0.508 e. The third kappa shape index (κ3) is 2.00. The van der Waals surface area contributed by atoms with E-state index >= 15 is 0 Å². The van der Waals surface area contributed by atoms with Crippen LogP contribution in [0.4, 0.5) is 5.82 Å². The molecule has 0 aliphatic rings. The molecule has 0 aliphatic carbocycles. The van der Waals surface area contributed by atoms with E-state index in [4.69, 9.17) is 15.9 Å². The number of phenolic OH excluding ortho intramolecular Hbond substituents is 1. The molecule has 3 heterocycles. The summed E-state index contributed by atoms with van der Waals surface area (Å²) in [5.41, 5.74) is 16.0. The van der Waals surface area contributed by atoms with E-state index in [1.54, 1.807) is 23.6 Å². The van der Waals surface area contributed by atoms with Crippen LogP contribution in [0.25, 0.3) is 27.7 Å². The van der Waals surface area contributed by atoms with Crippen molar-refractivity contribution in [3.63, 3.8) is 0 Å². The molecule has 3 aromatic heterocycles. The lowest BCUT2D eigenvalue weighted by molar-refractivity contribution is 0.100. The third-order valence-corrected chi connectivity index (χ3v) is 4.84. The van der Waals surface area contributed by atoms with Gasteiger partial charge in [-0.25, -0.2) is 4.98 Å². The van der Waals surface area contributed by atoms with Crippen LogP contribution >= 0.6 is 0 Å². The lowest BCUT2D eigenvalue weighted by Crippen LogP contribution is -2.14. The molecule has 0 saturated carbocycles. The van der Waals surface area contributed by atoms with Gasteiger partial charge in [-0.2, -0.15) is 0 Å². The number of furan rings is 1. The predicted octanol–water partition coefficient (Wildman–Crippen LogP) is 3.08. The number of primary amides is 1. The number of nitrogens with two attached hydrogens (primary N) is 2. The van der Waals surface area contributed by atoms with Crippen molar-refractivity contribution in [3.05, 3.63) is 46.8 Å². The van der Waals surface area contributed by atoms with Crippen molar-refractivity contribution in [2.24, 2.45) is 5.73 Å². The molecule has 0 spiro atoms. The molecule has 7 heteroatoms. The number of aromatic hydroxyl groups is 1. The molecular weight excluding hydrogens is 332 g/mol. The fraction of sp³-hybridized carbons (Fsp3) is 0.158. The van der Waals surface area contributed by atoms with Crippen LogP contribution in [0.5, 0.6) is 5.75 Å². The number of pyridine rings is 1. The van der Waals surface area contributed by atoms with Gasteiger partial charge >= 0.3 is 0 Å². The average molecular weight is 350 g/mol. The summed E-state index contributed by atoms with van der Waals surface area (Å²) in [6.07, 6.45) is 1.53. The highest BCUT2D eigenvalue weighted by Gasteiger charge is 2.25. The van der Waals surface area contributed by atoms with Crippen molar-refractivity contribution in [2.75, 3.05) is 5.73 Å². The summed E-state index contributed by atoms with van der Waals surface area (Å²) in [5.74, 6) is -0.374. The van der Waals surface area contributed by atoms with E-state index in [1.807, 2.05) is 19.9 Å². The molecule has 0 fully saturated rings. The topological polar surface area (TPSA) is 120 Å². The van der Waals surface area contributed by atoms with Crippen LogP contribution in [-0.4, -0.2) is 20.6 Å². The summed E-state index contributed by atoms with van der Waals surface area (Å²) in [4.78, 5) is 16.7. The SMILES string of the molecule is Cc1cc2c(C(N)=O)c(N)n(-c3c(C)c(O)cc4ccoc34)c2nc1C. The van der Waals surface area contributed by atoms with Crippen molar-refractivity contribution in [1.29, 1.82) is 0 Å². The Bertz CT molecular complexity index is 1220. The molecular formula is C19H18N4O3. The Morgan fingerprint density at radius 1 is 1.27 bits per heavy atom. The Kier molecular flexibility index (Phi) is 3.24. The van der Waals surface area contributed by atoms with E-state index in [2.05, 4.69) is 4.98 Å². The summed E-state index contributed by atoms with van der Waals surface area (Å²) >= 11 is 0. The summed E-state index contributed by atoms with van der Waals surface area (Å²) in [5, 5.41) is 11.6. The number of nitrogen functional groups attached to an aromatic ring is 1. The molecule has 1 aromatic carbocycles. The Hall–Kier alpha value is -3.48. The van der Waals surface area contributed by atoms with E-state index in [9.17, 15) is 9.90 Å². The van der Waals surface area contributed by atoms with Gasteiger partial charge in [0.05, 0.1) is 17.5 Å². The fourth-order valence-corrected chi connectivity index (χ4v) is 3.34. The minimum Gasteiger partial charge on any atom is -0.508 e. The predicted molar refractivity (Wildman–Crippen MR) is 99.6 cm³/mol. The van der Waals surface area contributed by atoms with E-state index in [0.717, 1.165) is 11.3 Å². The molecule has 4 aromatic rings. The summed E-state index contributed by atoms with van der Waals surface area (Å²) in [6.45, 7) is 5.54. The minimum absolute atomic E-state index is 0.0969. The molecule has 1 amide bonds. The molecule has 4 rings (SSSR count). The Balaban J connectivity index is 2.26. The lowest BCUT2D eigenvalue weighted by Gasteiger charge is -2.13. The van der Waals surface area contributed by atoms with Gasteiger partial charge in [-0.3, -0.25) is 9.36 Å². The molecule has 7 nitrogen and oxygen atoms in total. The maximum absolute atomic E-state index is 12.1. The second-order valence-corrected chi connectivity index (χ2v) is 6.43. The molecule has 132 valence electrons. The van der Waals surface area contributed by atoms with Crippen LogP contribution in [0.3, 0.4) is 0 Å². The van der Waals surface area contributed by atoms with Crippen LogP contribution in [0, 0.1) is 20.8 Å². The Morgan fingerprint density at radius 3 is 2.69 bits per heavy atom. The first-order valence-corrected chi connectivity index (χ1v) is 8.09. The zero-order valence-electron chi connectivity index (χ0n) is 14.6. The summed E-state index contributed by atoms with van der Waals surface area (Å²) < 4.78 is 7.26. The molecule has 0 radical (unpaired) electrons. The van der Waals surface area contributed by atoms with Gasteiger partial charge in [0, 0.05) is 22.0 Å². The molecule has 0 saturated heterocycles. The van der Waals surface area contributed by atoms with Crippen molar-refractivity contribution in [3.8, 4) is 11.4 Å². The summed E-state index contributed by atoms with van der Waals surface area (Å²) in [7, 11) is 0. The zero-order chi connectivity index (χ0) is 18.7. The summed E-state index contributed by atoms with van der Waals surface area (Å²) in [6, 6.07) is 5.22. The number of phenols is 1. The molecule has 0 unspecified atom stereocenters. The first-order chi connectivity index (χ1) is 12.3. The highest BCUT2D eigenvalue weighted by Crippen LogP contribution is 2.39. The number of amides is 1. The second-order valence-electron chi connectivity index (χ2n) is 6.43. The maximum Gasteiger partial charge on any atom is 0.253 e. The van der Waals surface area contributed by atoms with E-state index in [0.29, 0.717) is 33.3 Å². The minimum atomic E-state index is -0.634. The van der Waals surface area contributed by atoms with Gasteiger partial charge in [-0.05, 0) is 44.5 Å². The monoisotopic (exact) mass is 350 g/mol. The first kappa shape index (κ1) is 16.0. The van der Waals surface area contributed by atoms with Crippen molar-refractivity contribution in [1.82, 2.24) is 9.55 Å². The van der Waals surface area contributed by atoms with Crippen LogP contribution in [0.1, 0.15) is 27.2 Å². The van der Waals surface area contributed by atoms with E-state index < -0.39 is 5.91 Å².